The van der Waals surface area contributed by atoms with Gasteiger partial charge in [-0.3, -0.25) is 4.79 Å². The zero-order valence-electron chi connectivity index (χ0n) is 13.4. The second-order valence-electron chi connectivity index (χ2n) is 5.31. The van der Waals surface area contributed by atoms with Crippen molar-refractivity contribution in [2.75, 3.05) is 31.6 Å². The molecule has 2 rings (SSSR count). The van der Waals surface area contributed by atoms with E-state index in [9.17, 15) is 14.7 Å². The van der Waals surface area contributed by atoms with Crippen LogP contribution in [0, 0.1) is 0 Å². The van der Waals surface area contributed by atoms with Crippen LogP contribution in [0.5, 0.6) is 0 Å². The van der Waals surface area contributed by atoms with Gasteiger partial charge in [-0.15, -0.1) is 0 Å². The Morgan fingerprint density at radius 2 is 2.09 bits per heavy atom. The van der Waals surface area contributed by atoms with Gasteiger partial charge in [0.15, 0.2) is 0 Å². The van der Waals surface area contributed by atoms with Crippen molar-refractivity contribution in [3.05, 3.63) is 29.8 Å². The zero-order chi connectivity index (χ0) is 16.8. The quantitative estimate of drug-likeness (QED) is 0.757. The van der Waals surface area contributed by atoms with E-state index in [-0.39, 0.29) is 18.5 Å². The molecule has 0 radical (unpaired) electrons. The summed E-state index contributed by atoms with van der Waals surface area (Å²) in [7, 11) is 0. The first-order chi connectivity index (χ1) is 11.1. The van der Waals surface area contributed by atoms with E-state index >= 15 is 0 Å². The molecule has 2 unspecified atom stereocenters. The number of aliphatic hydroxyl groups excluding tert-OH is 1. The van der Waals surface area contributed by atoms with E-state index in [4.69, 9.17) is 4.74 Å². The first-order valence-electron chi connectivity index (χ1n) is 7.76. The monoisotopic (exact) mass is 321 g/mol. The van der Waals surface area contributed by atoms with Crippen molar-refractivity contribution in [1.82, 2.24) is 10.2 Å². The predicted molar refractivity (Wildman–Crippen MR) is 86.1 cm³/mol. The van der Waals surface area contributed by atoms with Crippen LogP contribution in [0.1, 0.15) is 25.5 Å². The lowest BCUT2D eigenvalue weighted by Crippen LogP contribution is -2.51. The maximum atomic E-state index is 11.8. The molecule has 0 saturated carbocycles. The number of aliphatic hydroxyl groups is 1. The van der Waals surface area contributed by atoms with E-state index in [2.05, 4.69) is 10.6 Å². The summed E-state index contributed by atoms with van der Waals surface area (Å²) < 4.78 is 5.26. The van der Waals surface area contributed by atoms with E-state index in [1.165, 1.54) is 0 Å². The molecule has 3 N–H and O–H groups in total. The molecule has 126 valence electrons. The molecule has 0 spiro atoms. The van der Waals surface area contributed by atoms with Gasteiger partial charge in [-0.2, -0.15) is 0 Å². The minimum absolute atomic E-state index is 0.0620. The summed E-state index contributed by atoms with van der Waals surface area (Å²) in [5.41, 5.74) is 1.31. The van der Waals surface area contributed by atoms with Crippen molar-refractivity contribution in [3.8, 4) is 0 Å². The molecule has 7 nitrogen and oxygen atoms in total. The SMILES string of the molecule is CCNC(=O)Nc1ccc(C(O)C2COCC(=O)N2CC)cc1. The summed E-state index contributed by atoms with van der Waals surface area (Å²) in [6, 6.07) is 6.23. The van der Waals surface area contributed by atoms with Gasteiger partial charge in [-0.05, 0) is 31.5 Å². The summed E-state index contributed by atoms with van der Waals surface area (Å²) >= 11 is 0. The first-order valence-corrected chi connectivity index (χ1v) is 7.76. The van der Waals surface area contributed by atoms with Gasteiger partial charge in [-0.25, -0.2) is 4.79 Å². The summed E-state index contributed by atoms with van der Waals surface area (Å²) in [4.78, 5) is 24.9. The second kappa shape index (κ2) is 7.94. The highest BCUT2D eigenvalue weighted by Gasteiger charge is 2.33. The highest BCUT2D eigenvalue weighted by atomic mass is 16.5. The molecule has 1 saturated heterocycles. The maximum absolute atomic E-state index is 11.8. The molecule has 1 aliphatic heterocycles. The number of carbonyl (C=O) groups excluding carboxylic acids is 2. The number of anilines is 1. The first kappa shape index (κ1) is 17.2. The third kappa shape index (κ3) is 4.20. The molecule has 7 heteroatoms. The highest BCUT2D eigenvalue weighted by molar-refractivity contribution is 5.89. The Hall–Kier alpha value is -2.12. The fraction of sp³-hybridized carbons (Fsp3) is 0.500. The summed E-state index contributed by atoms with van der Waals surface area (Å²) in [5.74, 6) is -0.114. The van der Waals surface area contributed by atoms with Crippen LogP contribution < -0.4 is 10.6 Å². The molecule has 1 aromatic rings. The fourth-order valence-corrected chi connectivity index (χ4v) is 2.62. The number of likely N-dealkylation sites (N-methyl/N-ethyl adjacent to an activating group) is 1. The number of carbonyl (C=O) groups is 2. The zero-order valence-corrected chi connectivity index (χ0v) is 13.4. The van der Waals surface area contributed by atoms with E-state index < -0.39 is 12.1 Å². The van der Waals surface area contributed by atoms with Gasteiger partial charge in [0.2, 0.25) is 5.91 Å². The average Bonchev–Trinajstić information content (AvgIpc) is 2.55. The topological polar surface area (TPSA) is 90.9 Å². The molecule has 0 aromatic heterocycles. The molecule has 0 bridgehead atoms. The van der Waals surface area contributed by atoms with Gasteiger partial charge in [0.05, 0.1) is 12.6 Å². The van der Waals surface area contributed by atoms with Gasteiger partial charge in [0.25, 0.3) is 0 Å². The Morgan fingerprint density at radius 1 is 1.39 bits per heavy atom. The van der Waals surface area contributed by atoms with Crippen LogP contribution >= 0.6 is 0 Å². The minimum Gasteiger partial charge on any atom is -0.386 e. The van der Waals surface area contributed by atoms with Gasteiger partial charge in [0.1, 0.15) is 12.7 Å². The van der Waals surface area contributed by atoms with Gasteiger partial charge >= 0.3 is 6.03 Å². The number of hydrogen-bond acceptors (Lipinski definition) is 4. The number of nitrogens with one attached hydrogen (secondary N) is 2. The molecular formula is C16H23N3O4. The number of ether oxygens (including phenoxy) is 1. The van der Waals surface area contributed by atoms with E-state index in [0.717, 1.165) is 0 Å². The Morgan fingerprint density at radius 3 is 2.70 bits per heavy atom. The number of benzene rings is 1. The van der Waals surface area contributed by atoms with Crippen LogP contribution in [0.3, 0.4) is 0 Å². The second-order valence-corrected chi connectivity index (χ2v) is 5.31. The Bertz CT molecular complexity index is 547. The van der Waals surface area contributed by atoms with Gasteiger partial charge in [0, 0.05) is 18.8 Å². The van der Waals surface area contributed by atoms with Crippen LogP contribution in [0.2, 0.25) is 0 Å². The molecule has 1 aliphatic rings. The molecule has 1 fully saturated rings. The van der Waals surface area contributed by atoms with Crippen LogP contribution in [0.4, 0.5) is 10.5 Å². The normalized spacial score (nSPS) is 19.3. The van der Waals surface area contributed by atoms with Crippen LogP contribution in [-0.2, 0) is 9.53 Å². The molecule has 3 amide bonds. The third-order valence-electron chi connectivity index (χ3n) is 3.79. The highest BCUT2D eigenvalue weighted by Crippen LogP contribution is 2.25. The van der Waals surface area contributed by atoms with Gasteiger partial charge in [-0.1, -0.05) is 12.1 Å². The van der Waals surface area contributed by atoms with Crippen molar-refractivity contribution < 1.29 is 19.4 Å². The Labute approximate surface area is 135 Å². The van der Waals surface area contributed by atoms with Crippen molar-refractivity contribution in [1.29, 1.82) is 0 Å². The summed E-state index contributed by atoms with van der Waals surface area (Å²) in [5, 5.41) is 15.9. The molecule has 1 aromatic carbocycles. The number of morpholine rings is 1. The predicted octanol–water partition coefficient (Wildman–Crippen LogP) is 1.11. The van der Waals surface area contributed by atoms with E-state index in [1.807, 2.05) is 13.8 Å². The number of rotatable bonds is 5. The van der Waals surface area contributed by atoms with Crippen molar-refractivity contribution >= 4 is 17.6 Å². The Kier molecular flexibility index (Phi) is 5.95. The van der Waals surface area contributed by atoms with Crippen molar-refractivity contribution in [3.63, 3.8) is 0 Å². The lowest BCUT2D eigenvalue weighted by atomic mass is 10.00. The van der Waals surface area contributed by atoms with Crippen LogP contribution in [0.15, 0.2) is 24.3 Å². The largest absolute Gasteiger partial charge is 0.386 e. The lowest BCUT2D eigenvalue weighted by molar-refractivity contribution is -0.153. The van der Waals surface area contributed by atoms with E-state index in [1.54, 1.807) is 29.2 Å². The van der Waals surface area contributed by atoms with Gasteiger partial charge < -0.3 is 25.4 Å². The van der Waals surface area contributed by atoms with Crippen molar-refractivity contribution in [2.24, 2.45) is 0 Å². The van der Waals surface area contributed by atoms with Crippen molar-refractivity contribution in [2.45, 2.75) is 26.0 Å². The Balaban J connectivity index is 2.06. The van der Waals surface area contributed by atoms with E-state index in [0.29, 0.717) is 30.9 Å². The lowest BCUT2D eigenvalue weighted by Gasteiger charge is -2.37. The number of amides is 3. The summed E-state index contributed by atoms with van der Waals surface area (Å²) in [6.45, 7) is 5.16. The molecule has 0 aliphatic carbocycles. The average molecular weight is 321 g/mol. The van der Waals surface area contributed by atoms with Crippen LogP contribution in [-0.4, -0.2) is 54.3 Å². The standard InChI is InChI=1S/C16H23N3O4/c1-3-17-16(22)18-12-7-5-11(6-8-12)15(21)13-9-23-10-14(20)19(13)4-2/h5-8,13,15,21H,3-4,9-10H2,1-2H3,(H2,17,18,22). The smallest absolute Gasteiger partial charge is 0.319 e. The fourth-order valence-electron chi connectivity index (χ4n) is 2.62. The molecule has 1 heterocycles. The minimum atomic E-state index is -0.835. The number of hydrogen-bond donors (Lipinski definition) is 3. The number of urea groups is 1. The summed E-state index contributed by atoms with van der Waals surface area (Å²) in [6.07, 6.45) is -0.835. The number of nitrogens with zero attached hydrogens (tertiary/aromatic N) is 1. The maximum Gasteiger partial charge on any atom is 0.319 e. The molecule has 2 atom stereocenters. The van der Waals surface area contributed by atoms with Crippen LogP contribution in [0.25, 0.3) is 0 Å². The molecule has 23 heavy (non-hydrogen) atoms. The molecular weight excluding hydrogens is 298 g/mol. The third-order valence-corrected chi connectivity index (χ3v) is 3.79.